The number of ether oxygens (including phenoxy) is 2. The monoisotopic (exact) mass is 404 g/mol. The fraction of sp³-hybridized carbons (Fsp3) is 0.471. The SMILES string of the molecule is O=C(CN1C(=O)NC2(CCCC2)C1=O)c1ccc(OC(F)F)cc1OC(F)F. The summed E-state index contributed by atoms with van der Waals surface area (Å²) in [4.78, 5) is 38.0. The van der Waals surface area contributed by atoms with Gasteiger partial charge in [-0.25, -0.2) is 4.79 Å². The first-order chi connectivity index (χ1) is 13.2. The number of hydrogen-bond donors (Lipinski definition) is 1. The van der Waals surface area contributed by atoms with Gasteiger partial charge in [-0.05, 0) is 25.0 Å². The van der Waals surface area contributed by atoms with Crippen molar-refractivity contribution in [2.45, 2.75) is 44.4 Å². The zero-order valence-electron chi connectivity index (χ0n) is 14.4. The number of halogens is 4. The third kappa shape index (κ3) is 3.87. The van der Waals surface area contributed by atoms with Crippen molar-refractivity contribution < 1.29 is 41.4 Å². The number of alkyl halides is 4. The van der Waals surface area contributed by atoms with Gasteiger partial charge in [0.25, 0.3) is 5.91 Å². The Morgan fingerprint density at radius 3 is 2.36 bits per heavy atom. The Labute approximate surface area is 156 Å². The highest BCUT2D eigenvalue weighted by Crippen LogP contribution is 2.35. The topological polar surface area (TPSA) is 84.9 Å². The number of hydrogen-bond acceptors (Lipinski definition) is 5. The summed E-state index contributed by atoms with van der Waals surface area (Å²) in [6, 6.07) is 1.91. The summed E-state index contributed by atoms with van der Waals surface area (Å²) >= 11 is 0. The van der Waals surface area contributed by atoms with Crippen molar-refractivity contribution in [1.29, 1.82) is 0 Å². The van der Waals surface area contributed by atoms with Crippen LogP contribution in [0.2, 0.25) is 0 Å². The molecule has 1 aromatic rings. The summed E-state index contributed by atoms with van der Waals surface area (Å²) in [6.07, 6.45) is 2.43. The average molecular weight is 404 g/mol. The van der Waals surface area contributed by atoms with Crippen molar-refractivity contribution in [3.8, 4) is 11.5 Å². The van der Waals surface area contributed by atoms with E-state index in [1.807, 2.05) is 0 Å². The van der Waals surface area contributed by atoms with Gasteiger partial charge in [0.05, 0.1) is 12.1 Å². The first-order valence-corrected chi connectivity index (χ1v) is 8.43. The quantitative estimate of drug-likeness (QED) is 0.429. The van der Waals surface area contributed by atoms with Gasteiger partial charge >= 0.3 is 19.3 Å². The van der Waals surface area contributed by atoms with E-state index in [4.69, 9.17) is 0 Å². The van der Waals surface area contributed by atoms with E-state index in [9.17, 15) is 31.9 Å². The summed E-state index contributed by atoms with van der Waals surface area (Å²) in [5.41, 5.74) is -1.41. The predicted molar refractivity (Wildman–Crippen MR) is 85.5 cm³/mol. The lowest BCUT2D eigenvalue weighted by molar-refractivity contribution is -0.130. The maximum absolute atomic E-state index is 12.6. The molecule has 2 aliphatic rings. The van der Waals surface area contributed by atoms with Gasteiger partial charge < -0.3 is 14.8 Å². The Hall–Kier alpha value is -2.85. The highest BCUT2D eigenvalue weighted by atomic mass is 19.3. The van der Waals surface area contributed by atoms with Crippen molar-refractivity contribution in [2.24, 2.45) is 0 Å². The van der Waals surface area contributed by atoms with E-state index in [1.165, 1.54) is 0 Å². The number of amides is 3. The smallest absolute Gasteiger partial charge is 0.387 e. The molecule has 0 atom stereocenters. The van der Waals surface area contributed by atoms with Crippen molar-refractivity contribution in [3.05, 3.63) is 23.8 Å². The molecule has 7 nitrogen and oxygen atoms in total. The summed E-state index contributed by atoms with van der Waals surface area (Å²) < 4.78 is 58.2. The van der Waals surface area contributed by atoms with Crippen LogP contribution in [-0.4, -0.2) is 47.9 Å². The average Bonchev–Trinajstić information content (AvgIpc) is 3.15. The van der Waals surface area contributed by atoms with Crippen LogP contribution in [0.5, 0.6) is 11.5 Å². The van der Waals surface area contributed by atoms with Gasteiger partial charge in [-0.2, -0.15) is 17.6 Å². The minimum Gasteiger partial charge on any atom is -0.435 e. The van der Waals surface area contributed by atoms with E-state index in [0.717, 1.165) is 35.9 Å². The summed E-state index contributed by atoms with van der Waals surface area (Å²) in [7, 11) is 0. The number of carbonyl (C=O) groups is 3. The van der Waals surface area contributed by atoms with Gasteiger partial charge in [0, 0.05) is 6.07 Å². The zero-order chi connectivity index (χ0) is 20.5. The number of rotatable bonds is 7. The lowest BCUT2D eigenvalue weighted by atomic mass is 9.98. The molecule has 1 heterocycles. The van der Waals surface area contributed by atoms with Crippen LogP contribution in [0.3, 0.4) is 0 Å². The molecule has 1 N–H and O–H groups in total. The Kier molecular flexibility index (Phi) is 5.43. The highest BCUT2D eigenvalue weighted by molar-refractivity contribution is 6.11. The molecule has 152 valence electrons. The van der Waals surface area contributed by atoms with Crippen molar-refractivity contribution >= 4 is 17.7 Å². The minimum atomic E-state index is -3.33. The Morgan fingerprint density at radius 1 is 1.11 bits per heavy atom. The summed E-state index contributed by atoms with van der Waals surface area (Å²) in [5, 5.41) is 2.59. The number of imide groups is 1. The largest absolute Gasteiger partial charge is 0.435 e. The van der Waals surface area contributed by atoms with Crippen LogP contribution < -0.4 is 14.8 Å². The van der Waals surface area contributed by atoms with E-state index in [2.05, 4.69) is 14.8 Å². The molecule has 3 amide bonds. The third-order valence-corrected chi connectivity index (χ3v) is 4.70. The zero-order valence-corrected chi connectivity index (χ0v) is 14.4. The lowest BCUT2D eigenvalue weighted by Gasteiger charge is -2.20. The normalized spacial score (nSPS) is 18.3. The number of carbonyl (C=O) groups excluding carboxylic acids is 3. The van der Waals surface area contributed by atoms with E-state index < -0.39 is 60.1 Å². The van der Waals surface area contributed by atoms with Crippen LogP contribution in [0.25, 0.3) is 0 Å². The molecule has 0 bridgehead atoms. The second-order valence-electron chi connectivity index (χ2n) is 6.45. The number of ketones is 1. The second-order valence-corrected chi connectivity index (χ2v) is 6.45. The van der Waals surface area contributed by atoms with Crippen LogP contribution in [0, 0.1) is 0 Å². The Balaban J connectivity index is 1.81. The number of Topliss-reactive ketones (excluding diaryl/α,β-unsaturated/α-hetero) is 1. The summed E-state index contributed by atoms with van der Waals surface area (Å²) in [6.45, 7) is -7.22. The molecule has 2 fully saturated rings. The molecule has 3 rings (SSSR count). The number of benzene rings is 1. The van der Waals surface area contributed by atoms with Crippen LogP contribution in [0.1, 0.15) is 36.0 Å². The van der Waals surface area contributed by atoms with E-state index >= 15 is 0 Å². The van der Waals surface area contributed by atoms with Gasteiger partial charge in [0.2, 0.25) is 0 Å². The first kappa shape index (κ1) is 19.9. The molecule has 0 unspecified atom stereocenters. The summed E-state index contributed by atoms with van der Waals surface area (Å²) in [5.74, 6) is -2.59. The number of nitrogens with one attached hydrogen (secondary N) is 1. The molecule has 1 aliphatic heterocycles. The fourth-order valence-electron chi connectivity index (χ4n) is 3.47. The van der Waals surface area contributed by atoms with Crippen molar-refractivity contribution in [3.63, 3.8) is 0 Å². The Bertz CT molecular complexity index is 796. The van der Waals surface area contributed by atoms with E-state index in [-0.39, 0.29) is 0 Å². The molecular weight excluding hydrogens is 388 g/mol. The maximum Gasteiger partial charge on any atom is 0.387 e. The van der Waals surface area contributed by atoms with Crippen LogP contribution in [-0.2, 0) is 4.79 Å². The van der Waals surface area contributed by atoms with Crippen LogP contribution >= 0.6 is 0 Å². The second kappa shape index (κ2) is 7.64. The third-order valence-electron chi connectivity index (χ3n) is 4.70. The van der Waals surface area contributed by atoms with Crippen LogP contribution in [0.4, 0.5) is 22.4 Å². The van der Waals surface area contributed by atoms with Gasteiger partial charge in [-0.3, -0.25) is 14.5 Å². The molecule has 0 radical (unpaired) electrons. The molecule has 1 spiro atoms. The molecule has 11 heteroatoms. The van der Waals surface area contributed by atoms with E-state index in [1.54, 1.807) is 0 Å². The minimum absolute atomic E-state index is 0.394. The maximum atomic E-state index is 12.6. The lowest BCUT2D eigenvalue weighted by Crippen LogP contribution is -2.44. The van der Waals surface area contributed by atoms with Crippen molar-refractivity contribution in [2.75, 3.05) is 6.54 Å². The first-order valence-electron chi connectivity index (χ1n) is 8.43. The standard InChI is InChI=1S/C17H16F4N2O5/c18-14(19)27-9-3-4-10(12(7-9)28-15(20)21)11(24)8-23-13(25)17(22-16(23)26)5-1-2-6-17/h3-4,7,14-15H,1-2,5-6,8H2,(H,22,26). The molecule has 1 aromatic carbocycles. The van der Waals surface area contributed by atoms with Gasteiger partial charge in [0.15, 0.2) is 5.78 Å². The van der Waals surface area contributed by atoms with Gasteiger partial charge in [-0.15, -0.1) is 0 Å². The number of urea groups is 1. The van der Waals surface area contributed by atoms with Crippen LogP contribution in [0.15, 0.2) is 18.2 Å². The van der Waals surface area contributed by atoms with Crippen molar-refractivity contribution in [1.82, 2.24) is 10.2 Å². The number of nitrogens with zero attached hydrogens (tertiary/aromatic N) is 1. The highest BCUT2D eigenvalue weighted by Gasteiger charge is 2.52. The fourth-order valence-corrected chi connectivity index (χ4v) is 3.47. The molecular formula is C17H16F4N2O5. The molecule has 28 heavy (non-hydrogen) atoms. The van der Waals surface area contributed by atoms with Gasteiger partial charge in [0.1, 0.15) is 17.0 Å². The van der Waals surface area contributed by atoms with E-state index in [0.29, 0.717) is 12.8 Å². The Morgan fingerprint density at radius 2 is 1.75 bits per heavy atom. The van der Waals surface area contributed by atoms with Gasteiger partial charge in [-0.1, -0.05) is 12.8 Å². The molecule has 1 aliphatic carbocycles. The molecule has 1 saturated carbocycles. The predicted octanol–water partition coefficient (Wildman–Crippen LogP) is 2.94. The molecule has 0 aromatic heterocycles. The molecule has 1 saturated heterocycles.